The van der Waals surface area contributed by atoms with Gasteiger partial charge >= 0.3 is 5.97 Å². The Morgan fingerprint density at radius 3 is 2.74 bits per heavy atom. The van der Waals surface area contributed by atoms with Crippen LogP contribution in [0.25, 0.3) is 0 Å². The molecular formula is C12H16N2O5. The van der Waals surface area contributed by atoms with Gasteiger partial charge in [-0.15, -0.1) is 0 Å². The van der Waals surface area contributed by atoms with Crippen LogP contribution in [0.15, 0.2) is 18.2 Å². The fourth-order valence-electron chi connectivity index (χ4n) is 1.58. The molecule has 0 amide bonds. The van der Waals surface area contributed by atoms with Crippen molar-refractivity contribution in [2.45, 2.75) is 13.3 Å². The van der Waals surface area contributed by atoms with E-state index in [0.29, 0.717) is 13.0 Å². The normalized spacial score (nSPS) is 11.9. The van der Waals surface area contributed by atoms with E-state index in [0.717, 1.165) is 0 Å². The van der Waals surface area contributed by atoms with Crippen molar-refractivity contribution in [3.8, 4) is 0 Å². The molecule has 1 atom stereocenters. The summed E-state index contributed by atoms with van der Waals surface area (Å²) in [6.07, 6.45) is 0.569. The van der Waals surface area contributed by atoms with Gasteiger partial charge in [0.2, 0.25) is 0 Å². The third-order valence-electron chi connectivity index (χ3n) is 2.70. The highest BCUT2D eigenvalue weighted by Gasteiger charge is 2.16. The molecule has 19 heavy (non-hydrogen) atoms. The van der Waals surface area contributed by atoms with Gasteiger partial charge in [0.1, 0.15) is 5.69 Å². The number of nitrogens with zero attached hydrogens (tertiary/aromatic N) is 1. The number of hydrogen-bond acceptors (Lipinski definition) is 5. The van der Waals surface area contributed by atoms with Crippen LogP contribution in [0.4, 0.5) is 11.4 Å². The lowest BCUT2D eigenvalue weighted by molar-refractivity contribution is -0.384. The van der Waals surface area contributed by atoms with Gasteiger partial charge in [-0.25, -0.2) is 4.79 Å². The van der Waals surface area contributed by atoms with Gasteiger partial charge in [0.15, 0.2) is 0 Å². The first-order valence-electron chi connectivity index (χ1n) is 5.82. The molecule has 0 saturated heterocycles. The van der Waals surface area contributed by atoms with Gasteiger partial charge < -0.3 is 15.5 Å². The zero-order valence-electron chi connectivity index (χ0n) is 10.5. The molecule has 7 nitrogen and oxygen atoms in total. The second-order valence-corrected chi connectivity index (χ2v) is 4.29. The third-order valence-corrected chi connectivity index (χ3v) is 2.70. The summed E-state index contributed by atoms with van der Waals surface area (Å²) in [4.78, 5) is 21.1. The van der Waals surface area contributed by atoms with Crippen molar-refractivity contribution in [1.29, 1.82) is 0 Å². The maximum Gasteiger partial charge on any atom is 0.335 e. The highest BCUT2D eigenvalue weighted by atomic mass is 16.6. The van der Waals surface area contributed by atoms with Gasteiger partial charge in [-0.1, -0.05) is 6.92 Å². The molecule has 0 aliphatic carbocycles. The van der Waals surface area contributed by atoms with Crippen LogP contribution in [-0.2, 0) is 0 Å². The van der Waals surface area contributed by atoms with Crippen LogP contribution in [0.1, 0.15) is 23.7 Å². The molecule has 1 unspecified atom stereocenters. The molecule has 7 heteroatoms. The molecule has 0 fully saturated rings. The van der Waals surface area contributed by atoms with Gasteiger partial charge in [0, 0.05) is 19.2 Å². The number of carboxylic acids is 1. The molecule has 3 N–H and O–H groups in total. The summed E-state index contributed by atoms with van der Waals surface area (Å²) < 4.78 is 0. The van der Waals surface area contributed by atoms with Crippen LogP contribution in [0.5, 0.6) is 0 Å². The number of aliphatic hydroxyl groups is 1. The Bertz CT molecular complexity index is 475. The molecule has 0 heterocycles. The SMILES string of the molecule is CC(CCO)CNc1cc(C(=O)O)ccc1[N+](=O)[O-]. The molecule has 1 rings (SSSR count). The number of carboxylic acid groups (broad SMARTS) is 1. The zero-order valence-corrected chi connectivity index (χ0v) is 10.5. The Balaban J connectivity index is 2.91. The third kappa shape index (κ3) is 4.22. The highest BCUT2D eigenvalue weighted by molar-refractivity contribution is 5.90. The molecular weight excluding hydrogens is 252 g/mol. The minimum atomic E-state index is -1.14. The minimum absolute atomic E-state index is 0.0112. The fourth-order valence-corrected chi connectivity index (χ4v) is 1.58. The van der Waals surface area contributed by atoms with Crippen LogP contribution in [0.3, 0.4) is 0 Å². The number of benzene rings is 1. The lowest BCUT2D eigenvalue weighted by Gasteiger charge is -2.12. The quantitative estimate of drug-likeness (QED) is 0.512. The van der Waals surface area contributed by atoms with E-state index in [1.165, 1.54) is 18.2 Å². The minimum Gasteiger partial charge on any atom is -0.478 e. The van der Waals surface area contributed by atoms with E-state index in [1.807, 2.05) is 6.92 Å². The smallest absolute Gasteiger partial charge is 0.335 e. The molecule has 0 saturated carbocycles. The number of nitro groups is 1. The van der Waals surface area contributed by atoms with Crippen LogP contribution >= 0.6 is 0 Å². The van der Waals surface area contributed by atoms with Gasteiger partial charge in [-0.05, 0) is 24.5 Å². The first kappa shape index (κ1) is 14.9. The van der Waals surface area contributed by atoms with Gasteiger partial charge in [0.25, 0.3) is 5.69 Å². The maximum absolute atomic E-state index is 10.9. The molecule has 1 aromatic carbocycles. The lowest BCUT2D eigenvalue weighted by Crippen LogP contribution is -2.14. The Hall–Kier alpha value is -2.15. The van der Waals surface area contributed by atoms with E-state index in [-0.39, 0.29) is 29.5 Å². The van der Waals surface area contributed by atoms with Gasteiger partial charge in [0.05, 0.1) is 10.5 Å². The molecule has 104 valence electrons. The van der Waals surface area contributed by atoms with E-state index < -0.39 is 10.9 Å². The van der Waals surface area contributed by atoms with Gasteiger partial charge in [-0.3, -0.25) is 10.1 Å². The molecule has 0 aromatic heterocycles. The second-order valence-electron chi connectivity index (χ2n) is 4.29. The highest BCUT2D eigenvalue weighted by Crippen LogP contribution is 2.25. The summed E-state index contributed by atoms with van der Waals surface area (Å²) in [7, 11) is 0. The van der Waals surface area contributed by atoms with E-state index in [2.05, 4.69) is 5.32 Å². The molecule has 0 spiro atoms. The summed E-state index contributed by atoms with van der Waals surface area (Å²) >= 11 is 0. The average molecular weight is 268 g/mol. The molecule has 0 radical (unpaired) electrons. The number of carbonyl (C=O) groups is 1. The Labute approximate surface area is 110 Å². The van der Waals surface area contributed by atoms with Crippen molar-refractivity contribution in [3.63, 3.8) is 0 Å². The number of hydrogen-bond donors (Lipinski definition) is 3. The number of aromatic carboxylic acids is 1. The average Bonchev–Trinajstić information content (AvgIpc) is 2.36. The second kappa shape index (κ2) is 6.69. The summed E-state index contributed by atoms with van der Waals surface area (Å²) in [6.45, 7) is 2.35. The number of anilines is 1. The van der Waals surface area contributed by atoms with E-state index in [1.54, 1.807) is 0 Å². The van der Waals surface area contributed by atoms with E-state index >= 15 is 0 Å². The van der Waals surface area contributed by atoms with Crippen molar-refractivity contribution >= 4 is 17.3 Å². The summed E-state index contributed by atoms with van der Waals surface area (Å²) in [5.41, 5.74) is -0.00111. The van der Waals surface area contributed by atoms with Crippen molar-refractivity contribution in [1.82, 2.24) is 0 Å². The molecule has 0 aliphatic heterocycles. The van der Waals surface area contributed by atoms with E-state index in [9.17, 15) is 14.9 Å². The molecule has 0 aliphatic rings. The first-order chi connectivity index (χ1) is 8.95. The Morgan fingerprint density at radius 2 is 2.21 bits per heavy atom. The lowest BCUT2D eigenvalue weighted by atomic mass is 10.1. The first-order valence-corrected chi connectivity index (χ1v) is 5.82. The summed E-state index contributed by atoms with van der Waals surface area (Å²) in [5.74, 6) is -1.01. The van der Waals surface area contributed by atoms with Crippen LogP contribution in [0, 0.1) is 16.0 Å². The molecule has 1 aromatic rings. The van der Waals surface area contributed by atoms with Crippen molar-refractivity contribution in [2.24, 2.45) is 5.92 Å². The zero-order chi connectivity index (χ0) is 14.4. The fraction of sp³-hybridized carbons (Fsp3) is 0.417. The number of rotatable bonds is 7. The van der Waals surface area contributed by atoms with Crippen LogP contribution in [-0.4, -0.2) is 34.3 Å². The topological polar surface area (TPSA) is 113 Å². The van der Waals surface area contributed by atoms with Crippen LogP contribution < -0.4 is 5.32 Å². The van der Waals surface area contributed by atoms with Crippen LogP contribution in [0.2, 0.25) is 0 Å². The number of nitro benzene ring substituents is 1. The van der Waals surface area contributed by atoms with Crippen molar-refractivity contribution in [2.75, 3.05) is 18.5 Å². The van der Waals surface area contributed by atoms with Crippen molar-refractivity contribution < 1.29 is 19.9 Å². The van der Waals surface area contributed by atoms with Gasteiger partial charge in [-0.2, -0.15) is 0 Å². The summed E-state index contributed by atoms with van der Waals surface area (Å²) in [5, 5.41) is 31.4. The predicted molar refractivity (Wildman–Crippen MR) is 69.4 cm³/mol. The Kier molecular flexibility index (Phi) is 5.25. The largest absolute Gasteiger partial charge is 0.478 e. The Morgan fingerprint density at radius 1 is 1.53 bits per heavy atom. The molecule has 0 bridgehead atoms. The maximum atomic E-state index is 10.9. The number of aliphatic hydroxyl groups excluding tert-OH is 1. The summed E-state index contributed by atoms with van der Waals surface area (Å²) in [6, 6.07) is 3.61. The predicted octanol–water partition coefficient (Wildman–Crippen LogP) is 1.72. The van der Waals surface area contributed by atoms with E-state index in [4.69, 9.17) is 10.2 Å². The number of nitrogens with one attached hydrogen (secondary N) is 1. The standard InChI is InChI=1S/C12H16N2O5/c1-8(4-5-15)7-13-10-6-9(12(16)17)2-3-11(10)14(18)19/h2-3,6,8,13,15H,4-5,7H2,1H3,(H,16,17). The van der Waals surface area contributed by atoms with Crippen molar-refractivity contribution in [3.05, 3.63) is 33.9 Å². The monoisotopic (exact) mass is 268 g/mol.